The number of ether oxygens (including phenoxy) is 1. The summed E-state index contributed by atoms with van der Waals surface area (Å²) in [6, 6.07) is 0.555. The largest absolute Gasteiger partial charge is 0.376 e. The van der Waals surface area contributed by atoms with E-state index >= 15 is 0 Å². The van der Waals surface area contributed by atoms with Crippen LogP contribution in [-0.2, 0) is 4.74 Å². The molecule has 0 saturated carbocycles. The first-order valence-electron chi connectivity index (χ1n) is 6.87. The van der Waals surface area contributed by atoms with Crippen molar-refractivity contribution in [3.8, 4) is 0 Å². The summed E-state index contributed by atoms with van der Waals surface area (Å²) in [7, 11) is 2.09. The zero-order valence-electron chi connectivity index (χ0n) is 11.7. The second-order valence-corrected chi connectivity index (χ2v) is 5.29. The van der Waals surface area contributed by atoms with E-state index in [2.05, 4.69) is 30.7 Å². The van der Waals surface area contributed by atoms with E-state index in [0.717, 1.165) is 19.7 Å². The second kappa shape index (κ2) is 8.03. The van der Waals surface area contributed by atoms with Crippen LogP contribution in [0.3, 0.4) is 0 Å². The van der Waals surface area contributed by atoms with Crippen LogP contribution in [0.5, 0.6) is 0 Å². The summed E-state index contributed by atoms with van der Waals surface area (Å²) in [5.41, 5.74) is 5.52. The van der Waals surface area contributed by atoms with E-state index in [4.69, 9.17) is 10.5 Å². The van der Waals surface area contributed by atoms with Crippen molar-refractivity contribution in [1.29, 1.82) is 0 Å². The predicted octanol–water partition coefficient (Wildman–Crippen LogP) is 0.766. The minimum absolute atomic E-state index is 0.289. The Hall–Kier alpha value is -0.160. The molecular weight excluding hydrogens is 214 g/mol. The van der Waals surface area contributed by atoms with Gasteiger partial charge in [0.2, 0.25) is 0 Å². The highest BCUT2D eigenvalue weighted by atomic mass is 16.5. The number of nitrogens with two attached hydrogens (primary N) is 1. The van der Waals surface area contributed by atoms with E-state index in [-0.39, 0.29) is 6.10 Å². The lowest BCUT2D eigenvalue weighted by Crippen LogP contribution is -2.38. The first-order chi connectivity index (χ1) is 8.13. The van der Waals surface area contributed by atoms with E-state index in [1.165, 1.54) is 25.9 Å². The van der Waals surface area contributed by atoms with Gasteiger partial charge in [0.1, 0.15) is 0 Å². The van der Waals surface area contributed by atoms with Crippen molar-refractivity contribution in [2.45, 2.75) is 38.8 Å². The van der Waals surface area contributed by atoms with Gasteiger partial charge in [0.25, 0.3) is 0 Å². The van der Waals surface area contributed by atoms with Gasteiger partial charge in [-0.15, -0.1) is 0 Å². The Bertz CT molecular complexity index is 195. The lowest BCUT2D eigenvalue weighted by atomic mass is 10.3. The van der Waals surface area contributed by atoms with E-state index < -0.39 is 0 Å². The van der Waals surface area contributed by atoms with Crippen LogP contribution in [0.1, 0.15) is 26.7 Å². The van der Waals surface area contributed by atoms with Crippen molar-refractivity contribution < 1.29 is 4.74 Å². The van der Waals surface area contributed by atoms with Crippen LogP contribution < -0.4 is 5.73 Å². The lowest BCUT2D eigenvalue weighted by Gasteiger charge is -2.26. The summed E-state index contributed by atoms with van der Waals surface area (Å²) in [6.45, 7) is 10.4. The van der Waals surface area contributed by atoms with Gasteiger partial charge in [-0.05, 0) is 46.8 Å². The number of hydrogen-bond donors (Lipinski definition) is 1. The average molecular weight is 243 g/mol. The molecule has 0 aromatic heterocycles. The summed E-state index contributed by atoms with van der Waals surface area (Å²) in [5, 5.41) is 0. The Morgan fingerprint density at radius 1 is 1.29 bits per heavy atom. The van der Waals surface area contributed by atoms with Gasteiger partial charge in [0, 0.05) is 25.7 Å². The Morgan fingerprint density at radius 3 is 2.53 bits per heavy atom. The lowest BCUT2D eigenvalue weighted by molar-refractivity contribution is 0.0127. The first kappa shape index (κ1) is 14.9. The second-order valence-electron chi connectivity index (χ2n) is 5.29. The smallest absolute Gasteiger partial charge is 0.0674 e. The number of hydrogen-bond acceptors (Lipinski definition) is 4. The van der Waals surface area contributed by atoms with Crippen LogP contribution >= 0.6 is 0 Å². The van der Waals surface area contributed by atoms with Gasteiger partial charge in [0.15, 0.2) is 0 Å². The van der Waals surface area contributed by atoms with Gasteiger partial charge >= 0.3 is 0 Å². The molecule has 0 aromatic rings. The third-order valence-corrected chi connectivity index (χ3v) is 3.47. The molecule has 102 valence electrons. The highest BCUT2D eigenvalue weighted by molar-refractivity contribution is 4.73. The van der Waals surface area contributed by atoms with Gasteiger partial charge in [-0.25, -0.2) is 0 Å². The van der Waals surface area contributed by atoms with Gasteiger partial charge in [-0.1, -0.05) is 0 Å². The normalized spacial score (nSPS) is 21.0. The van der Waals surface area contributed by atoms with Gasteiger partial charge in [0.05, 0.1) is 12.7 Å². The van der Waals surface area contributed by atoms with E-state index in [1.54, 1.807) is 0 Å². The molecule has 0 amide bonds. The molecule has 1 aliphatic rings. The molecule has 0 aromatic carbocycles. The van der Waals surface area contributed by atoms with Crippen LogP contribution in [0.2, 0.25) is 0 Å². The quantitative estimate of drug-likeness (QED) is 0.683. The molecule has 4 heteroatoms. The SMILES string of the molecule is CC(CN(C)CCN)OCC(C)N1CCCC1. The van der Waals surface area contributed by atoms with Crippen LogP contribution in [0.25, 0.3) is 0 Å². The van der Waals surface area contributed by atoms with Crippen molar-refractivity contribution in [3.05, 3.63) is 0 Å². The topological polar surface area (TPSA) is 41.7 Å². The molecule has 2 N–H and O–H groups in total. The number of likely N-dealkylation sites (tertiary alicyclic amines) is 1. The third kappa shape index (κ3) is 5.82. The van der Waals surface area contributed by atoms with Crippen LogP contribution in [-0.4, -0.2) is 68.3 Å². The third-order valence-electron chi connectivity index (χ3n) is 3.47. The molecule has 1 aliphatic heterocycles. The molecule has 0 bridgehead atoms. The van der Waals surface area contributed by atoms with Crippen LogP contribution in [0, 0.1) is 0 Å². The summed E-state index contributed by atoms with van der Waals surface area (Å²) in [5.74, 6) is 0. The fourth-order valence-corrected chi connectivity index (χ4v) is 2.39. The molecule has 1 fully saturated rings. The molecular formula is C13H29N3O. The predicted molar refractivity (Wildman–Crippen MR) is 72.2 cm³/mol. The number of rotatable bonds is 8. The summed E-state index contributed by atoms with van der Waals surface area (Å²) >= 11 is 0. The first-order valence-corrected chi connectivity index (χ1v) is 6.87. The van der Waals surface area contributed by atoms with Crippen molar-refractivity contribution in [2.24, 2.45) is 5.73 Å². The zero-order valence-corrected chi connectivity index (χ0v) is 11.7. The van der Waals surface area contributed by atoms with E-state index in [1.807, 2.05) is 0 Å². The van der Waals surface area contributed by atoms with Crippen molar-refractivity contribution in [1.82, 2.24) is 9.80 Å². The maximum atomic E-state index is 5.91. The minimum Gasteiger partial charge on any atom is -0.376 e. The van der Waals surface area contributed by atoms with E-state index in [0.29, 0.717) is 12.6 Å². The number of likely N-dealkylation sites (N-methyl/N-ethyl adjacent to an activating group) is 1. The van der Waals surface area contributed by atoms with Crippen molar-refractivity contribution in [2.75, 3.05) is 46.4 Å². The van der Waals surface area contributed by atoms with Gasteiger partial charge in [-0.3, -0.25) is 4.90 Å². The Morgan fingerprint density at radius 2 is 1.94 bits per heavy atom. The monoisotopic (exact) mass is 243 g/mol. The Balaban J connectivity index is 2.11. The van der Waals surface area contributed by atoms with Crippen molar-refractivity contribution >= 4 is 0 Å². The molecule has 0 spiro atoms. The zero-order chi connectivity index (χ0) is 12.7. The van der Waals surface area contributed by atoms with Crippen LogP contribution in [0.15, 0.2) is 0 Å². The fraction of sp³-hybridized carbons (Fsp3) is 1.00. The van der Waals surface area contributed by atoms with Gasteiger partial charge in [-0.2, -0.15) is 0 Å². The molecule has 0 aliphatic carbocycles. The highest BCUT2D eigenvalue weighted by Crippen LogP contribution is 2.12. The Labute approximate surface area is 106 Å². The standard InChI is InChI=1S/C13H29N3O/c1-12(16-7-4-5-8-16)11-17-13(2)10-15(3)9-6-14/h12-13H,4-11,14H2,1-3H3. The molecule has 2 atom stereocenters. The van der Waals surface area contributed by atoms with Crippen molar-refractivity contribution in [3.63, 3.8) is 0 Å². The highest BCUT2D eigenvalue weighted by Gasteiger charge is 2.18. The Kier molecular flexibility index (Phi) is 7.04. The van der Waals surface area contributed by atoms with Crippen LogP contribution in [0.4, 0.5) is 0 Å². The van der Waals surface area contributed by atoms with E-state index in [9.17, 15) is 0 Å². The summed E-state index contributed by atoms with van der Waals surface area (Å²) in [6.07, 6.45) is 2.98. The fourth-order valence-electron chi connectivity index (χ4n) is 2.39. The molecule has 0 radical (unpaired) electrons. The minimum atomic E-state index is 0.289. The summed E-state index contributed by atoms with van der Waals surface area (Å²) < 4.78 is 5.91. The average Bonchev–Trinajstić information content (AvgIpc) is 2.79. The number of nitrogens with zero attached hydrogens (tertiary/aromatic N) is 2. The molecule has 2 unspecified atom stereocenters. The molecule has 1 saturated heterocycles. The molecule has 1 heterocycles. The maximum absolute atomic E-state index is 5.91. The molecule has 1 rings (SSSR count). The van der Waals surface area contributed by atoms with Gasteiger partial charge < -0.3 is 15.4 Å². The molecule has 4 nitrogen and oxygen atoms in total. The maximum Gasteiger partial charge on any atom is 0.0674 e. The summed E-state index contributed by atoms with van der Waals surface area (Å²) in [4.78, 5) is 4.75. The molecule has 17 heavy (non-hydrogen) atoms.